The second-order valence-electron chi connectivity index (χ2n) is 4.46. The smallest absolute Gasteiger partial charge is 0.240 e. The summed E-state index contributed by atoms with van der Waals surface area (Å²) in [5.41, 5.74) is 5.40. The van der Waals surface area contributed by atoms with Crippen molar-refractivity contribution >= 4 is 17.2 Å². The highest BCUT2D eigenvalue weighted by Gasteiger charge is 2.40. The average molecular weight is 238 g/mol. The van der Waals surface area contributed by atoms with Gasteiger partial charge < -0.3 is 11.1 Å². The van der Waals surface area contributed by atoms with Crippen molar-refractivity contribution in [1.82, 2.24) is 5.32 Å². The van der Waals surface area contributed by atoms with Gasteiger partial charge in [0.1, 0.15) is 0 Å². The van der Waals surface area contributed by atoms with Crippen molar-refractivity contribution in [3.8, 4) is 0 Å². The van der Waals surface area contributed by atoms with Crippen LogP contribution in [0.1, 0.15) is 43.5 Å². The summed E-state index contributed by atoms with van der Waals surface area (Å²) in [6.45, 7) is 2.08. The van der Waals surface area contributed by atoms with Crippen LogP contribution in [-0.4, -0.2) is 11.4 Å². The van der Waals surface area contributed by atoms with E-state index < -0.39 is 5.54 Å². The van der Waals surface area contributed by atoms with Crippen molar-refractivity contribution in [2.45, 2.75) is 44.2 Å². The van der Waals surface area contributed by atoms with Gasteiger partial charge in [-0.05, 0) is 37.1 Å². The topological polar surface area (TPSA) is 55.1 Å². The Labute approximate surface area is 100 Å². The Morgan fingerprint density at radius 1 is 1.69 bits per heavy atom. The molecule has 0 radical (unpaired) electrons. The van der Waals surface area contributed by atoms with E-state index in [1.807, 2.05) is 11.4 Å². The van der Waals surface area contributed by atoms with Gasteiger partial charge >= 0.3 is 0 Å². The van der Waals surface area contributed by atoms with Gasteiger partial charge in [-0.2, -0.15) is 0 Å². The van der Waals surface area contributed by atoms with Crippen LogP contribution < -0.4 is 11.1 Å². The van der Waals surface area contributed by atoms with Crippen LogP contribution in [0, 0.1) is 0 Å². The maximum absolute atomic E-state index is 12.0. The first-order valence-corrected chi connectivity index (χ1v) is 6.67. The number of carbonyl (C=O) groups is 1. The van der Waals surface area contributed by atoms with Gasteiger partial charge in [-0.3, -0.25) is 4.79 Å². The molecule has 1 aliphatic rings. The number of amides is 1. The molecule has 16 heavy (non-hydrogen) atoms. The standard InChI is InChI=1S/C12H18N2OS/c1-2-9(10-5-3-8-16-10)14-11(15)12(13)6-4-7-12/h3,5,8-9H,2,4,6-7,13H2,1H3,(H,14,15). The van der Waals surface area contributed by atoms with Crippen LogP contribution in [0.4, 0.5) is 0 Å². The Morgan fingerprint density at radius 3 is 2.88 bits per heavy atom. The van der Waals surface area contributed by atoms with Crippen LogP contribution >= 0.6 is 11.3 Å². The molecule has 88 valence electrons. The number of nitrogens with two attached hydrogens (primary N) is 1. The van der Waals surface area contributed by atoms with E-state index in [2.05, 4.69) is 18.3 Å². The first-order chi connectivity index (χ1) is 7.65. The minimum Gasteiger partial charge on any atom is -0.347 e. The summed E-state index contributed by atoms with van der Waals surface area (Å²) in [6.07, 6.45) is 3.61. The molecule has 3 N–H and O–H groups in total. The molecule has 1 saturated carbocycles. The van der Waals surface area contributed by atoms with E-state index in [4.69, 9.17) is 5.73 Å². The minimum absolute atomic E-state index is 0.0130. The van der Waals surface area contributed by atoms with Gasteiger partial charge in [0.25, 0.3) is 0 Å². The molecule has 1 heterocycles. The zero-order valence-electron chi connectivity index (χ0n) is 9.53. The molecule has 3 nitrogen and oxygen atoms in total. The Hall–Kier alpha value is -0.870. The van der Waals surface area contributed by atoms with Gasteiger partial charge in [0.05, 0.1) is 11.6 Å². The van der Waals surface area contributed by atoms with E-state index in [1.54, 1.807) is 11.3 Å². The summed E-state index contributed by atoms with van der Waals surface area (Å²) in [5, 5.41) is 5.09. The van der Waals surface area contributed by atoms with Gasteiger partial charge in [0.15, 0.2) is 0 Å². The summed E-state index contributed by atoms with van der Waals surface area (Å²) >= 11 is 1.68. The molecule has 2 rings (SSSR count). The molecule has 1 amide bonds. The molecule has 1 fully saturated rings. The molecule has 1 aromatic rings. The third-order valence-corrected chi connectivity index (χ3v) is 4.28. The summed E-state index contributed by atoms with van der Waals surface area (Å²) in [6, 6.07) is 4.19. The first-order valence-electron chi connectivity index (χ1n) is 5.79. The number of hydrogen-bond acceptors (Lipinski definition) is 3. The molecular weight excluding hydrogens is 220 g/mol. The zero-order chi connectivity index (χ0) is 11.6. The van der Waals surface area contributed by atoms with E-state index in [-0.39, 0.29) is 11.9 Å². The fraction of sp³-hybridized carbons (Fsp3) is 0.583. The van der Waals surface area contributed by atoms with Gasteiger partial charge in [-0.1, -0.05) is 13.0 Å². The van der Waals surface area contributed by atoms with Crippen LogP contribution in [-0.2, 0) is 4.79 Å². The van der Waals surface area contributed by atoms with Gasteiger partial charge in [0, 0.05) is 4.88 Å². The highest BCUT2D eigenvalue weighted by molar-refractivity contribution is 7.10. The van der Waals surface area contributed by atoms with Crippen LogP contribution in [0.2, 0.25) is 0 Å². The second kappa shape index (κ2) is 4.55. The zero-order valence-corrected chi connectivity index (χ0v) is 10.3. The van der Waals surface area contributed by atoms with Crippen LogP contribution in [0.3, 0.4) is 0 Å². The van der Waals surface area contributed by atoms with Crippen molar-refractivity contribution in [2.24, 2.45) is 5.73 Å². The van der Waals surface area contributed by atoms with Crippen LogP contribution in [0.15, 0.2) is 17.5 Å². The molecule has 1 atom stereocenters. The van der Waals surface area contributed by atoms with E-state index >= 15 is 0 Å². The van der Waals surface area contributed by atoms with Crippen LogP contribution in [0.5, 0.6) is 0 Å². The summed E-state index contributed by atoms with van der Waals surface area (Å²) in [4.78, 5) is 13.2. The number of carbonyl (C=O) groups excluding carboxylic acids is 1. The van der Waals surface area contributed by atoms with Crippen molar-refractivity contribution in [3.05, 3.63) is 22.4 Å². The van der Waals surface area contributed by atoms with Gasteiger partial charge in [0.2, 0.25) is 5.91 Å². The lowest BCUT2D eigenvalue weighted by Gasteiger charge is -2.37. The predicted molar refractivity (Wildman–Crippen MR) is 66.3 cm³/mol. The fourth-order valence-electron chi connectivity index (χ4n) is 1.95. The van der Waals surface area contributed by atoms with E-state index in [9.17, 15) is 4.79 Å². The summed E-state index contributed by atoms with van der Waals surface area (Å²) in [7, 11) is 0. The lowest BCUT2D eigenvalue weighted by molar-refractivity contribution is -0.130. The Balaban J connectivity index is 1.99. The molecule has 1 aliphatic carbocycles. The van der Waals surface area contributed by atoms with Gasteiger partial charge in [-0.15, -0.1) is 11.3 Å². The summed E-state index contributed by atoms with van der Waals surface area (Å²) < 4.78 is 0. The van der Waals surface area contributed by atoms with Crippen molar-refractivity contribution in [3.63, 3.8) is 0 Å². The lowest BCUT2D eigenvalue weighted by Crippen LogP contribution is -2.58. The van der Waals surface area contributed by atoms with Gasteiger partial charge in [-0.25, -0.2) is 0 Å². The number of rotatable bonds is 4. The number of thiophene rings is 1. The highest BCUT2D eigenvalue weighted by atomic mass is 32.1. The maximum Gasteiger partial charge on any atom is 0.240 e. The molecule has 1 unspecified atom stereocenters. The first kappa shape index (κ1) is 11.6. The molecule has 0 bridgehead atoms. The van der Waals surface area contributed by atoms with E-state index in [1.165, 1.54) is 4.88 Å². The normalized spacial score (nSPS) is 19.9. The average Bonchev–Trinajstić information content (AvgIpc) is 2.75. The number of nitrogens with one attached hydrogen (secondary N) is 1. The third-order valence-electron chi connectivity index (χ3n) is 3.30. The molecule has 0 saturated heterocycles. The SMILES string of the molecule is CCC(NC(=O)C1(N)CCC1)c1cccs1. The van der Waals surface area contributed by atoms with E-state index in [0.717, 1.165) is 25.7 Å². The Kier molecular flexibility index (Phi) is 3.30. The van der Waals surface area contributed by atoms with E-state index in [0.29, 0.717) is 0 Å². The molecule has 0 aromatic carbocycles. The number of hydrogen-bond donors (Lipinski definition) is 2. The predicted octanol–water partition coefficient (Wildman–Crippen LogP) is 2.20. The third kappa shape index (κ3) is 2.13. The quantitative estimate of drug-likeness (QED) is 0.845. The minimum atomic E-state index is -0.593. The Morgan fingerprint density at radius 2 is 2.44 bits per heavy atom. The lowest BCUT2D eigenvalue weighted by atomic mass is 9.77. The molecule has 1 aromatic heterocycles. The summed E-state index contributed by atoms with van der Waals surface area (Å²) in [5.74, 6) is 0.0130. The van der Waals surface area contributed by atoms with Crippen molar-refractivity contribution < 1.29 is 4.79 Å². The molecule has 4 heteroatoms. The fourth-order valence-corrected chi connectivity index (χ4v) is 2.81. The molecule has 0 spiro atoms. The Bertz CT molecular complexity index is 357. The van der Waals surface area contributed by atoms with Crippen LogP contribution in [0.25, 0.3) is 0 Å². The largest absolute Gasteiger partial charge is 0.347 e. The van der Waals surface area contributed by atoms with Crippen molar-refractivity contribution in [2.75, 3.05) is 0 Å². The van der Waals surface area contributed by atoms with Crippen molar-refractivity contribution in [1.29, 1.82) is 0 Å². The monoisotopic (exact) mass is 238 g/mol. The maximum atomic E-state index is 12.0. The molecular formula is C12H18N2OS. The molecule has 0 aliphatic heterocycles. The second-order valence-corrected chi connectivity index (χ2v) is 5.44. The highest BCUT2D eigenvalue weighted by Crippen LogP contribution is 2.30.